The van der Waals surface area contributed by atoms with Crippen LogP contribution in [0.4, 0.5) is 0 Å². The van der Waals surface area contributed by atoms with E-state index in [1.165, 1.54) is 77.5 Å². The molecule has 1 N–H and O–H groups in total. The van der Waals surface area contributed by atoms with Crippen molar-refractivity contribution in [2.24, 2.45) is 5.92 Å². The summed E-state index contributed by atoms with van der Waals surface area (Å²) < 4.78 is 0. The minimum Gasteiger partial charge on any atom is -0.314 e. The van der Waals surface area contributed by atoms with E-state index in [4.69, 9.17) is 0 Å². The van der Waals surface area contributed by atoms with Crippen molar-refractivity contribution in [3.63, 3.8) is 0 Å². The Morgan fingerprint density at radius 1 is 1.00 bits per heavy atom. The summed E-state index contributed by atoms with van der Waals surface area (Å²) in [6.45, 7) is 7.56. The molecule has 1 saturated heterocycles. The van der Waals surface area contributed by atoms with Crippen LogP contribution in [0.3, 0.4) is 0 Å². The third kappa shape index (κ3) is 4.59. The summed E-state index contributed by atoms with van der Waals surface area (Å²) in [5.41, 5.74) is 0. The summed E-state index contributed by atoms with van der Waals surface area (Å²) in [4.78, 5) is 2.75. The van der Waals surface area contributed by atoms with Gasteiger partial charge in [-0.3, -0.25) is 0 Å². The first kappa shape index (κ1) is 13.4. The van der Waals surface area contributed by atoms with Gasteiger partial charge in [-0.2, -0.15) is 0 Å². The molecule has 1 atom stereocenters. The van der Waals surface area contributed by atoms with E-state index < -0.39 is 0 Å². The van der Waals surface area contributed by atoms with Crippen molar-refractivity contribution in [2.45, 2.75) is 64.3 Å². The number of hydrogen-bond acceptors (Lipinski definition) is 2. The topological polar surface area (TPSA) is 15.3 Å². The fourth-order valence-corrected chi connectivity index (χ4v) is 3.43. The van der Waals surface area contributed by atoms with E-state index in [1.807, 2.05) is 0 Å². The summed E-state index contributed by atoms with van der Waals surface area (Å²) in [6, 6.07) is 0.768. The standard InChI is InChI=1S/C15H30N2/c1-2-15-9-12-17(11-6-10-16-15)13-14-7-4-3-5-8-14/h14-16H,2-13H2,1H3. The molecule has 0 spiro atoms. The van der Waals surface area contributed by atoms with Gasteiger partial charge in [-0.1, -0.05) is 26.2 Å². The average Bonchev–Trinajstić information content (AvgIpc) is 2.35. The molecule has 1 heterocycles. The predicted molar refractivity (Wildman–Crippen MR) is 74.3 cm³/mol. The highest BCUT2D eigenvalue weighted by atomic mass is 15.1. The van der Waals surface area contributed by atoms with Gasteiger partial charge >= 0.3 is 0 Å². The highest BCUT2D eigenvalue weighted by molar-refractivity contribution is 4.75. The van der Waals surface area contributed by atoms with Gasteiger partial charge in [-0.15, -0.1) is 0 Å². The Kier molecular flexibility index (Phi) is 5.79. The summed E-state index contributed by atoms with van der Waals surface area (Å²) >= 11 is 0. The molecule has 2 nitrogen and oxygen atoms in total. The predicted octanol–water partition coefficient (Wildman–Crippen LogP) is 3.03. The van der Waals surface area contributed by atoms with Crippen LogP contribution in [-0.2, 0) is 0 Å². The van der Waals surface area contributed by atoms with Gasteiger partial charge in [0.2, 0.25) is 0 Å². The van der Waals surface area contributed by atoms with Crippen LogP contribution < -0.4 is 5.32 Å². The van der Waals surface area contributed by atoms with Crippen molar-refractivity contribution in [1.29, 1.82) is 0 Å². The molecule has 0 amide bonds. The number of nitrogens with zero attached hydrogens (tertiary/aromatic N) is 1. The molecule has 2 rings (SSSR count). The number of hydrogen-bond donors (Lipinski definition) is 1. The van der Waals surface area contributed by atoms with E-state index in [1.54, 1.807) is 0 Å². The van der Waals surface area contributed by atoms with E-state index in [0.717, 1.165) is 12.0 Å². The van der Waals surface area contributed by atoms with Crippen molar-refractivity contribution in [3.05, 3.63) is 0 Å². The largest absolute Gasteiger partial charge is 0.314 e. The molecular formula is C15H30N2. The first-order valence-corrected chi connectivity index (χ1v) is 7.84. The summed E-state index contributed by atoms with van der Waals surface area (Å²) in [6.07, 6.45) is 11.4. The van der Waals surface area contributed by atoms with Crippen LogP contribution in [-0.4, -0.2) is 37.1 Å². The fourth-order valence-electron chi connectivity index (χ4n) is 3.43. The smallest absolute Gasteiger partial charge is 0.00766 e. The van der Waals surface area contributed by atoms with Crippen molar-refractivity contribution < 1.29 is 0 Å². The minimum absolute atomic E-state index is 0.768. The first-order valence-electron chi connectivity index (χ1n) is 7.84. The molecule has 0 bridgehead atoms. The van der Waals surface area contributed by atoms with E-state index >= 15 is 0 Å². The van der Waals surface area contributed by atoms with Crippen molar-refractivity contribution in [3.8, 4) is 0 Å². The van der Waals surface area contributed by atoms with Gasteiger partial charge in [0.05, 0.1) is 0 Å². The van der Waals surface area contributed by atoms with Crippen molar-refractivity contribution in [2.75, 3.05) is 26.2 Å². The van der Waals surface area contributed by atoms with Gasteiger partial charge in [-0.05, 0) is 57.7 Å². The van der Waals surface area contributed by atoms with Gasteiger partial charge in [0.25, 0.3) is 0 Å². The summed E-state index contributed by atoms with van der Waals surface area (Å²) in [7, 11) is 0. The first-order chi connectivity index (χ1) is 8.38. The molecule has 1 aliphatic heterocycles. The highest BCUT2D eigenvalue weighted by Gasteiger charge is 2.19. The van der Waals surface area contributed by atoms with Gasteiger partial charge in [0.15, 0.2) is 0 Å². The van der Waals surface area contributed by atoms with Crippen LogP contribution >= 0.6 is 0 Å². The molecular weight excluding hydrogens is 208 g/mol. The Balaban J connectivity index is 1.74. The monoisotopic (exact) mass is 238 g/mol. The van der Waals surface area contributed by atoms with Gasteiger partial charge < -0.3 is 10.2 Å². The van der Waals surface area contributed by atoms with E-state index in [2.05, 4.69) is 17.1 Å². The van der Waals surface area contributed by atoms with E-state index in [9.17, 15) is 0 Å². The van der Waals surface area contributed by atoms with Gasteiger partial charge in [0, 0.05) is 12.6 Å². The Bertz CT molecular complexity index is 199. The van der Waals surface area contributed by atoms with Gasteiger partial charge in [-0.25, -0.2) is 0 Å². The second kappa shape index (κ2) is 7.38. The van der Waals surface area contributed by atoms with E-state index in [-0.39, 0.29) is 0 Å². The van der Waals surface area contributed by atoms with Crippen molar-refractivity contribution in [1.82, 2.24) is 10.2 Å². The molecule has 0 aromatic rings. The third-order valence-corrected chi connectivity index (χ3v) is 4.61. The van der Waals surface area contributed by atoms with Crippen molar-refractivity contribution >= 4 is 0 Å². The zero-order chi connectivity index (χ0) is 11.9. The molecule has 0 radical (unpaired) electrons. The zero-order valence-corrected chi connectivity index (χ0v) is 11.6. The van der Waals surface area contributed by atoms with Crippen LogP contribution in [0.5, 0.6) is 0 Å². The lowest BCUT2D eigenvalue weighted by Gasteiger charge is -2.32. The summed E-state index contributed by atoms with van der Waals surface area (Å²) in [5, 5.41) is 3.67. The molecule has 17 heavy (non-hydrogen) atoms. The number of rotatable bonds is 3. The maximum atomic E-state index is 3.67. The lowest BCUT2D eigenvalue weighted by atomic mass is 9.89. The average molecular weight is 238 g/mol. The zero-order valence-electron chi connectivity index (χ0n) is 11.6. The van der Waals surface area contributed by atoms with Gasteiger partial charge in [0.1, 0.15) is 0 Å². The quantitative estimate of drug-likeness (QED) is 0.813. The molecule has 100 valence electrons. The van der Waals surface area contributed by atoms with E-state index in [0.29, 0.717) is 0 Å². The third-order valence-electron chi connectivity index (χ3n) is 4.61. The Labute approximate surface area is 107 Å². The molecule has 2 aliphatic rings. The fraction of sp³-hybridized carbons (Fsp3) is 1.00. The second-order valence-corrected chi connectivity index (χ2v) is 6.01. The van der Waals surface area contributed by atoms with Crippen LogP contribution in [0.25, 0.3) is 0 Å². The highest BCUT2D eigenvalue weighted by Crippen LogP contribution is 2.24. The number of nitrogens with one attached hydrogen (secondary N) is 1. The lowest BCUT2D eigenvalue weighted by molar-refractivity contribution is 0.179. The molecule has 0 aromatic heterocycles. The molecule has 1 aliphatic carbocycles. The van der Waals surface area contributed by atoms with Crippen LogP contribution in [0, 0.1) is 5.92 Å². The maximum Gasteiger partial charge on any atom is 0.00766 e. The Hall–Kier alpha value is -0.0800. The SMILES string of the molecule is CCC1CCN(CC2CCCCC2)CCCN1. The second-order valence-electron chi connectivity index (χ2n) is 6.01. The Morgan fingerprint density at radius 3 is 2.59 bits per heavy atom. The van der Waals surface area contributed by atoms with Crippen LogP contribution in [0.1, 0.15) is 58.3 Å². The Morgan fingerprint density at radius 2 is 1.82 bits per heavy atom. The molecule has 1 saturated carbocycles. The maximum absolute atomic E-state index is 3.67. The normalized spacial score (nSPS) is 29.8. The minimum atomic E-state index is 0.768. The molecule has 1 unspecified atom stereocenters. The molecule has 0 aromatic carbocycles. The molecule has 2 heteroatoms. The summed E-state index contributed by atoms with van der Waals surface area (Å²) in [5.74, 6) is 1.01. The lowest BCUT2D eigenvalue weighted by Crippen LogP contribution is -2.41. The van der Waals surface area contributed by atoms with Crippen LogP contribution in [0.15, 0.2) is 0 Å². The molecule has 2 fully saturated rings. The van der Waals surface area contributed by atoms with Crippen LogP contribution in [0.2, 0.25) is 0 Å².